The zero-order valence-corrected chi connectivity index (χ0v) is 14.3. The lowest BCUT2D eigenvalue weighted by Gasteiger charge is -2.17. The van der Waals surface area contributed by atoms with Crippen LogP contribution in [0.5, 0.6) is 5.75 Å². The third kappa shape index (κ3) is 5.52. The Morgan fingerprint density at radius 1 is 1.43 bits per heavy atom. The number of guanidine groups is 1. The number of halogens is 1. The molecule has 0 aliphatic carbocycles. The number of nitrogens with one attached hydrogen (secondary N) is 2. The summed E-state index contributed by atoms with van der Waals surface area (Å²) in [6, 6.07) is 6.13. The molecule has 0 spiro atoms. The zero-order chi connectivity index (χ0) is 16.7. The van der Waals surface area contributed by atoms with Crippen LogP contribution in [0.2, 0.25) is 0 Å². The number of aryl methyl sites for hydroxylation is 1. The normalized spacial score (nSPS) is 12.8. The van der Waals surface area contributed by atoms with Crippen molar-refractivity contribution in [1.29, 1.82) is 0 Å². The Hall–Kier alpha value is -2.15. The SMILES string of the molecule is CN=C(NCc1scnc1C)NCC(C)Oc1cccc(F)c1. The van der Waals surface area contributed by atoms with E-state index < -0.39 is 0 Å². The number of thiazole rings is 1. The minimum absolute atomic E-state index is 0.125. The second-order valence-electron chi connectivity index (χ2n) is 5.05. The van der Waals surface area contributed by atoms with Crippen molar-refractivity contribution in [2.45, 2.75) is 26.5 Å². The van der Waals surface area contributed by atoms with Gasteiger partial charge in [-0.1, -0.05) is 6.07 Å². The van der Waals surface area contributed by atoms with Crippen molar-refractivity contribution in [3.8, 4) is 5.75 Å². The summed E-state index contributed by atoms with van der Waals surface area (Å²) in [6.07, 6.45) is -0.125. The topological polar surface area (TPSA) is 58.5 Å². The summed E-state index contributed by atoms with van der Waals surface area (Å²) in [5.74, 6) is 0.898. The van der Waals surface area contributed by atoms with Gasteiger partial charge in [-0.25, -0.2) is 9.37 Å². The molecule has 5 nitrogen and oxygen atoms in total. The molecule has 1 atom stereocenters. The predicted octanol–water partition coefficient (Wildman–Crippen LogP) is 2.72. The number of aromatic nitrogens is 1. The lowest BCUT2D eigenvalue weighted by Crippen LogP contribution is -2.41. The second-order valence-corrected chi connectivity index (χ2v) is 5.99. The highest BCUT2D eigenvalue weighted by Gasteiger charge is 2.07. The van der Waals surface area contributed by atoms with Gasteiger partial charge in [-0.3, -0.25) is 4.99 Å². The van der Waals surface area contributed by atoms with Crippen LogP contribution in [0, 0.1) is 12.7 Å². The Morgan fingerprint density at radius 3 is 2.91 bits per heavy atom. The summed E-state index contributed by atoms with van der Waals surface area (Å²) in [4.78, 5) is 9.57. The highest BCUT2D eigenvalue weighted by atomic mass is 32.1. The molecule has 1 aromatic carbocycles. The molecular formula is C16H21FN4OS. The van der Waals surface area contributed by atoms with Gasteiger partial charge in [-0.05, 0) is 26.0 Å². The van der Waals surface area contributed by atoms with Crippen LogP contribution in [0.15, 0.2) is 34.8 Å². The van der Waals surface area contributed by atoms with E-state index in [-0.39, 0.29) is 11.9 Å². The van der Waals surface area contributed by atoms with E-state index in [0.29, 0.717) is 24.8 Å². The van der Waals surface area contributed by atoms with Gasteiger partial charge in [0.2, 0.25) is 0 Å². The smallest absolute Gasteiger partial charge is 0.191 e. The fraction of sp³-hybridized carbons (Fsp3) is 0.375. The van der Waals surface area contributed by atoms with Crippen molar-refractivity contribution in [3.63, 3.8) is 0 Å². The maximum atomic E-state index is 13.1. The summed E-state index contributed by atoms with van der Waals surface area (Å²) < 4.78 is 18.8. The van der Waals surface area contributed by atoms with Crippen LogP contribution in [-0.2, 0) is 6.54 Å². The number of aliphatic imine (C=N–C) groups is 1. The van der Waals surface area contributed by atoms with Crippen molar-refractivity contribution >= 4 is 17.3 Å². The molecule has 1 aromatic heterocycles. The molecule has 2 rings (SSSR count). The Morgan fingerprint density at radius 2 is 2.26 bits per heavy atom. The first-order valence-electron chi connectivity index (χ1n) is 7.34. The molecule has 1 heterocycles. The molecule has 23 heavy (non-hydrogen) atoms. The molecule has 7 heteroatoms. The van der Waals surface area contributed by atoms with Gasteiger partial charge in [-0.15, -0.1) is 11.3 Å². The van der Waals surface area contributed by atoms with Gasteiger partial charge in [0.1, 0.15) is 17.7 Å². The summed E-state index contributed by atoms with van der Waals surface area (Å²) in [5.41, 5.74) is 2.86. The lowest BCUT2D eigenvalue weighted by atomic mass is 10.3. The number of ether oxygens (including phenoxy) is 1. The number of rotatable bonds is 6. The molecule has 0 fully saturated rings. The second kappa shape index (κ2) is 8.47. The third-order valence-corrected chi connectivity index (χ3v) is 4.11. The van der Waals surface area contributed by atoms with E-state index in [1.807, 2.05) is 19.4 Å². The Balaban J connectivity index is 1.77. The third-order valence-electron chi connectivity index (χ3n) is 3.18. The molecule has 2 aromatic rings. The van der Waals surface area contributed by atoms with E-state index in [1.165, 1.54) is 17.0 Å². The molecular weight excluding hydrogens is 315 g/mol. The van der Waals surface area contributed by atoms with Crippen molar-refractivity contribution < 1.29 is 9.13 Å². The first-order chi connectivity index (χ1) is 11.1. The first kappa shape index (κ1) is 17.2. The summed E-state index contributed by atoms with van der Waals surface area (Å²) in [5, 5.41) is 6.43. The van der Waals surface area contributed by atoms with Crippen LogP contribution in [-0.4, -0.2) is 30.6 Å². The van der Waals surface area contributed by atoms with E-state index in [9.17, 15) is 4.39 Å². The Bertz CT molecular complexity index is 659. The van der Waals surface area contributed by atoms with Crippen LogP contribution in [0.25, 0.3) is 0 Å². The Kier molecular flexibility index (Phi) is 6.34. The molecule has 124 valence electrons. The van der Waals surface area contributed by atoms with E-state index in [0.717, 1.165) is 5.69 Å². The number of hydrogen-bond donors (Lipinski definition) is 2. The fourth-order valence-electron chi connectivity index (χ4n) is 1.94. The number of benzene rings is 1. The first-order valence-corrected chi connectivity index (χ1v) is 8.22. The average molecular weight is 336 g/mol. The standard InChI is InChI=1S/C16H21FN4OS/c1-11(22-14-6-4-5-13(17)7-14)8-19-16(18-3)20-9-15-12(2)21-10-23-15/h4-7,10-11H,8-9H2,1-3H3,(H2,18,19,20). The van der Waals surface area contributed by atoms with Crippen molar-refractivity contribution in [3.05, 3.63) is 46.2 Å². The van der Waals surface area contributed by atoms with E-state index in [4.69, 9.17) is 4.74 Å². The lowest BCUT2D eigenvalue weighted by molar-refractivity contribution is 0.223. The maximum absolute atomic E-state index is 13.1. The predicted molar refractivity (Wildman–Crippen MR) is 91.5 cm³/mol. The largest absolute Gasteiger partial charge is 0.489 e. The average Bonchev–Trinajstić information content (AvgIpc) is 2.93. The molecule has 0 radical (unpaired) electrons. The molecule has 1 unspecified atom stereocenters. The van der Waals surface area contributed by atoms with Gasteiger partial charge in [0.25, 0.3) is 0 Å². The molecule has 0 saturated heterocycles. The van der Waals surface area contributed by atoms with Gasteiger partial charge in [0.15, 0.2) is 5.96 Å². The summed E-state index contributed by atoms with van der Waals surface area (Å²) in [6.45, 7) is 5.13. The van der Waals surface area contributed by atoms with Gasteiger partial charge >= 0.3 is 0 Å². The molecule has 2 N–H and O–H groups in total. The number of nitrogens with zero attached hydrogens (tertiary/aromatic N) is 2. The maximum Gasteiger partial charge on any atom is 0.191 e. The van der Waals surface area contributed by atoms with Crippen LogP contribution >= 0.6 is 11.3 Å². The zero-order valence-electron chi connectivity index (χ0n) is 13.5. The van der Waals surface area contributed by atoms with Crippen molar-refractivity contribution in [2.24, 2.45) is 4.99 Å². The summed E-state index contributed by atoms with van der Waals surface area (Å²) >= 11 is 1.61. The Labute approximate surface area is 139 Å². The van der Waals surface area contributed by atoms with Gasteiger partial charge in [-0.2, -0.15) is 0 Å². The quantitative estimate of drug-likeness (QED) is 0.629. The van der Waals surface area contributed by atoms with Gasteiger partial charge in [0, 0.05) is 18.0 Å². The molecule has 0 amide bonds. The highest BCUT2D eigenvalue weighted by molar-refractivity contribution is 7.09. The molecule has 0 saturated carbocycles. The monoisotopic (exact) mass is 336 g/mol. The van der Waals surface area contributed by atoms with Gasteiger partial charge < -0.3 is 15.4 Å². The van der Waals surface area contributed by atoms with Crippen molar-refractivity contribution in [2.75, 3.05) is 13.6 Å². The van der Waals surface area contributed by atoms with Crippen LogP contribution < -0.4 is 15.4 Å². The molecule has 0 aliphatic heterocycles. The molecule has 0 bridgehead atoms. The fourth-order valence-corrected chi connectivity index (χ4v) is 2.65. The molecule has 0 aliphatic rings. The van der Waals surface area contributed by atoms with E-state index in [2.05, 4.69) is 20.6 Å². The van der Waals surface area contributed by atoms with Crippen LogP contribution in [0.1, 0.15) is 17.5 Å². The van der Waals surface area contributed by atoms with Gasteiger partial charge in [0.05, 0.1) is 24.3 Å². The van der Waals surface area contributed by atoms with Crippen LogP contribution in [0.3, 0.4) is 0 Å². The number of hydrogen-bond acceptors (Lipinski definition) is 4. The van der Waals surface area contributed by atoms with Crippen molar-refractivity contribution in [1.82, 2.24) is 15.6 Å². The van der Waals surface area contributed by atoms with E-state index >= 15 is 0 Å². The minimum atomic E-state index is -0.305. The van der Waals surface area contributed by atoms with Crippen LogP contribution in [0.4, 0.5) is 4.39 Å². The minimum Gasteiger partial charge on any atom is -0.489 e. The summed E-state index contributed by atoms with van der Waals surface area (Å²) in [7, 11) is 1.72. The van der Waals surface area contributed by atoms with E-state index in [1.54, 1.807) is 30.5 Å². The highest BCUT2D eigenvalue weighted by Crippen LogP contribution is 2.13.